The van der Waals surface area contributed by atoms with E-state index >= 15 is 0 Å². The Morgan fingerprint density at radius 1 is 1.33 bits per heavy atom. The predicted molar refractivity (Wildman–Crippen MR) is 89.5 cm³/mol. The highest BCUT2D eigenvalue weighted by atomic mass is 35.5. The molecule has 5 nitrogen and oxygen atoms in total. The summed E-state index contributed by atoms with van der Waals surface area (Å²) >= 11 is 11.3. The molecule has 0 saturated carbocycles. The summed E-state index contributed by atoms with van der Waals surface area (Å²) in [7, 11) is 3.11. The van der Waals surface area contributed by atoms with Crippen LogP contribution < -0.4 is 20.1 Å². The Bertz CT molecular complexity index is 497. The van der Waals surface area contributed by atoms with Crippen molar-refractivity contribution in [2.24, 2.45) is 0 Å². The molecule has 0 heterocycles. The number of hydrogen-bond donors (Lipinski definition) is 2. The molecule has 0 radical (unpaired) electrons. The Hall–Kier alpha value is -1.66. The summed E-state index contributed by atoms with van der Waals surface area (Å²) in [6.45, 7) is 4.76. The van der Waals surface area contributed by atoms with Crippen molar-refractivity contribution in [3.63, 3.8) is 0 Å². The van der Waals surface area contributed by atoms with Crippen molar-refractivity contribution in [2.75, 3.05) is 32.7 Å². The minimum Gasteiger partial charge on any atom is -0.502 e. The van der Waals surface area contributed by atoms with E-state index in [2.05, 4.69) is 17.2 Å². The van der Waals surface area contributed by atoms with Crippen molar-refractivity contribution in [3.8, 4) is 11.5 Å². The van der Waals surface area contributed by atoms with Crippen LogP contribution in [0.1, 0.15) is 6.42 Å². The smallest absolute Gasteiger partial charge is 0.170 e. The van der Waals surface area contributed by atoms with Gasteiger partial charge in [-0.3, -0.25) is 0 Å². The molecule has 2 N–H and O–H groups in total. The minimum atomic E-state index is 0.473. The SMILES string of the molecule is C=COCCCNC(=S)Nc1cc(OC)c(Cl)cc1OC. The highest BCUT2D eigenvalue weighted by molar-refractivity contribution is 7.80. The molecule has 0 unspecified atom stereocenters. The van der Waals surface area contributed by atoms with Crippen molar-refractivity contribution in [1.82, 2.24) is 5.32 Å². The zero-order valence-corrected chi connectivity index (χ0v) is 13.6. The number of nitrogens with one attached hydrogen (secondary N) is 2. The summed E-state index contributed by atoms with van der Waals surface area (Å²) in [5.41, 5.74) is 0.679. The third-order valence-corrected chi connectivity index (χ3v) is 3.11. The molecule has 0 bridgehead atoms. The molecule has 7 heteroatoms. The first-order valence-corrected chi connectivity index (χ1v) is 7.09. The number of rotatable bonds is 8. The van der Waals surface area contributed by atoms with Crippen LogP contribution in [0.4, 0.5) is 5.69 Å². The Kier molecular flexibility index (Phi) is 7.71. The number of benzene rings is 1. The number of anilines is 1. The quantitative estimate of drug-likeness (QED) is 0.434. The van der Waals surface area contributed by atoms with E-state index in [1.165, 1.54) is 6.26 Å². The molecule has 0 aliphatic rings. The van der Waals surface area contributed by atoms with Gasteiger partial charge in [0.2, 0.25) is 0 Å². The summed E-state index contributed by atoms with van der Waals surface area (Å²) in [6.07, 6.45) is 2.23. The summed E-state index contributed by atoms with van der Waals surface area (Å²) in [5, 5.41) is 7.08. The van der Waals surface area contributed by atoms with Crippen molar-refractivity contribution in [1.29, 1.82) is 0 Å². The minimum absolute atomic E-state index is 0.473. The monoisotopic (exact) mass is 330 g/mol. The van der Waals surface area contributed by atoms with Crippen molar-refractivity contribution in [2.45, 2.75) is 6.42 Å². The van der Waals surface area contributed by atoms with Gasteiger partial charge >= 0.3 is 0 Å². The number of halogens is 1. The Labute approximate surface area is 135 Å². The van der Waals surface area contributed by atoms with E-state index in [0.717, 1.165) is 6.42 Å². The molecule has 0 aliphatic carbocycles. The fraction of sp³-hybridized carbons (Fsp3) is 0.357. The van der Waals surface area contributed by atoms with Gasteiger partial charge in [0.05, 0.1) is 37.8 Å². The Morgan fingerprint density at radius 3 is 2.67 bits per heavy atom. The summed E-state index contributed by atoms with van der Waals surface area (Å²) in [5.74, 6) is 1.13. The summed E-state index contributed by atoms with van der Waals surface area (Å²) in [4.78, 5) is 0. The number of ether oxygens (including phenoxy) is 3. The fourth-order valence-electron chi connectivity index (χ4n) is 1.57. The van der Waals surface area contributed by atoms with Gasteiger partial charge in [0, 0.05) is 18.7 Å². The molecule has 1 aromatic carbocycles. The maximum atomic E-state index is 6.05. The number of hydrogen-bond acceptors (Lipinski definition) is 4. The van der Waals surface area contributed by atoms with Crippen molar-refractivity contribution < 1.29 is 14.2 Å². The van der Waals surface area contributed by atoms with E-state index in [1.54, 1.807) is 26.4 Å². The van der Waals surface area contributed by atoms with E-state index in [0.29, 0.717) is 40.5 Å². The van der Waals surface area contributed by atoms with Gasteiger partial charge in [-0.15, -0.1) is 0 Å². The van der Waals surface area contributed by atoms with Gasteiger partial charge in [-0.2, -0.15) is 0 Å². The Balaban J connectivity index is 2.60. The van der Waals surface area contributed by atoms with Gasteiger partial charge in [0.15, 0.2) is 5.11 Å². The lowest BCUT2D eigenvalue weighted by Crippen LogP contribution is -2.29. The first-order chi connectivity index (χ1) is 10.1. The van der Waals surface area contributed by atoms with Gasteiger partial charge in [0.25, 0.3) is 0 Å². The molecule has 0 aromatic heterocycles. The molecular formula is C14H19ClN2O3S. The molecule has 1 aromatic rings. The van der Waals surface area contributed by atoms with Crippen LogP contribution in [0.25, 0.3) is 0 Å². The van der Waals surface area contributed by atoms with Gasteiger partial charge in [-0.1, -0.05) is 18.2 Å². The summed E-state index contributed by atoms with van der Waals surface area (Å²) < 4.78 is 15.5. The molecule has 0 amide bonds. The highest BCUT2D eigenvalue weighted by Gasteiger charge is 2.10. The standard InChI is InChI=1S/C14H19ClN2O3S/c1-4-20-7-5-6-16-14(21)17-11-9-12(18-2)10(15)8-13(11)19-3/h4,8-9H,1,5-7H2,2-3H3,(H2,16,17,21). The van der Waals surface area contributed by atoms with Crippen LogP contribution in [-0.4, -0.2) is 32.5 Å². The predicted octanol–water partition coefficient (Wildman–Crippen LogP) is 3.19. The molecule has 0 fully saturated rings. The second-order valence-corrected chi connectivity index (χ2v) is 4.77. The topological polar surface area (TPSA) is 51.8 Å². The molecule has 0 spiro atoms. The van der Waals surface area contributed by atoms with E-state index in [4.69, 9.17) is 38.0 Å². The molecule has 0 saturated heterocycles. The lowest BCUT2D eigenvalue weighted by molar-refractivity contribution is 0.247. The van der Waals surface area contributed by atoms with Crippen molar-refractivity contribution >= 4 is 34.6 Å². The van der Waals surface area contributed by atoms with E-state index in [-0.39, 0.29) is 0 Å². The lowest BCUT2D eigenvalue weighted by Gasteiger charge is -2.15. The normalized spacial score (nSPS) is 9.67. The van der Waals surface area contributed by atoms with E-state index in [9.17, 15) is 0 Å². The van der Waals surface area contributed by atoms with E-state index < -0.39 is 0 Å². The zero-order valence-electron chi connectivity index (χ0n) is 12.1. The van der Waals surface area contributed by atoms with Gasteiger partial charge < -0.3 is 24.8 Å². The Morgan fingerprint density at radius 2 is 2.05 bits per heavy atom. The molecule has 0 aliphatic heterocycles. The second kappa shape index (κ2) is 9.31. The first kappa shape index (κ1) is 17.4. The molecule has 0 atom stereocenters. The molecule has 1 rings (SSSR count). The highest BCUT2D eigenvalue weighted by Crippen LogP contribution is 2.35. The van der Waals surface area contributed by atoms with Gasteiger partial charge in [-0.25, -0.2) is 0 Å². The van der Waals surface area contributed by atoms with Crippen LogP contribution in [0, 0.1) is 0 Å². The third-order valence-electron chi connectivity index (χ3n) is 2.56. The van der Waals surface area contributed by atoms with Gasteiger partial charge in [-0.05, 0) is 18.6 Å². The zero-order chi connectivity index (χ0) is 15.7. The maximum Gasteiger partial charge on any atom is 0.170 e. The maximum absolute atomic E-state index is 6.05. The second-order valence-electron chi connectivity index (χ2n) is 3.96. The number of thiocarbonyl (C=S) groups is 1. The molecular weight excluding hydrogens is 312 g/mol. The summed E-state index contributed by atoms with van der Waals surface area (Å²) in [6, 6.07) is 3.40. The fourth-order valence-corrected chi connectivity index (χ4v) is 2.01. The third kappa shape index (κ3) is 5.69. The van der Waals surface area contributed by atoms with Crippen LogP contribution in [0.15, 0.2) is 25.0 Å². The lowest BCUT2D eigenvalue weighted by atomic mass is 10.2. The average molecular weight is 331 g/mol. The average Bonchev–Trinajstić information content (AvgIpc) is 2.48. The van der Waals surface area contributed by atoms with Gasteiger partial charge in [0.1, 0.15) is 11.5 Å². The molecule has 116 valence electrons. The molecule has 21 heavy (non-hydrogen) atoms. The van der Waals surface area contributed by atoms with Crippen LogP contribution in [0.5, 0.6) is 11.5 Å². The first-order valence-electron chi connectivity index (χ1n) is 6.31. The van der Waals surface area contributed by atoms with E-state index in [1.807, 2.05) is 0 Å². The van der Waals surface area contributed by atoms with Crippen molar-refractivity contribution in [3.05, 3.63) is 30.0 Å². The van der Waals surface area contributed by atoms with Crippen LogP contribution >= 0.6 is 23.8 Å². The van der Waals surface area contributed by atoms with Crippen LogP contribution in [0.3, 0.4) is 0 Å². The van der Waals surface area contributed by atoms with Crippen LogP contribution in [-0.2, 0) is 4.74 Å². The largest absolute Gasteiger partial charge is 0.502 e. The van der Waals surface area contributed by atoms with Crippen LogP contribution in [0.2, 0.25) is 5.02 Å². The number of methoxy groups -OCH3 is 2.